The van der Waals surface area contributed by atoms with Crippen molar-refractivity contribution in [1.29, 1.82) is 0 Å². The summed E-state index contributed by atoms with van der Waals surface area (Å²) in [6.45, 7) is 2.21. The Labute approximate surface area is 160 Å². The van der Waals surface area contributed by atoms with Gasteiger partial charge in [0.1, 0.15) is 12.3 Å². The van der Waals surface area contributed by atoms with Crippen LogP contribution < -0.4 is 10.1 Å². The molecule has 2 unspecified atom stereocenters. The Morgan fingerprint density at radius 3 is 2.63 bits per heavy atom. The summed E-state index contributed by atoms with van der Waals surface area (Å²) in [6, 6.07) is 5.53. The highest BCUT2D eigenvalue weighted by atomic mass is 32.1. The van der Waals surface area contributed by atoms with Crippen molar-refractivity contribution in [3.8, 4) is 5.75 Å². The maximum atomic E-state index is 12.4. The Morgan fingerprint density at radius 2 is 1.96 bits per heavy atom. The predicted octanol–water partition coefficient (Wildman–Crippen LogP) is 2.58. The molecule has 0 radical (unpaired) electrons. The first kappa shape index (κ1) is 17.7. The Balaban J connectivity index is 1.44. The molecular formula is C19H19N3O4S. The number of fused-ring (bicyclic) bond motifs is 2. The molecule has 27 heavy (non-hydrogen) atoms. The highest BCUT2D eigenvalue weighted by Crippen LogP contribution is 2.35. The van der Waals surface area contributed by atoms with E-state index in [1.54, 1.807) is 0 Å². The first-order valence-electron chi connectivity index (χ1n) is 8.90. The van der Waals surface area contributed by atoms with Crippen LogP contribution in [0.2, 0.25) is 0 Å². The molecule has 2 heterocycles. The van der Waals surface area contributed by atoms with Crippen LogP contribution in [0.25, 0.3) is 10.2 Å². The molecule has 2 atom stereocenters. The molecule has 0 spiro atoms. The second kappa shape index (κ2) is 7.11. The van der Waals surface area contributed by atoms with E-state index in [1.807, 2.05) is 37.3 Å². The molecule has 2 aliphatic rings. The number of carbonyl (C=O) groups excluding carboxylic acids is 3. The minimum atomic E-state index is -0.424. The van der Waals surface area contributed by atoms with E-state index in [0.717, 1.165) is 20.9 Å². The van der Waals surface area contributed by atoms with Crippen molar-refractivity contribution < 1.29 is 19.1 Å². The van der Waals surface area contributed by atoms with E-state index >= 15 is 0 Å². The maximum Gasteiger partial charge on any atom is 0.246 e. The number of likely N-dealkylation sites (tertiary alicyclic amines) is 1. The third-order valence-electron chi connectivity index (χ3n) is 4.82. The molecule has 7 nitrogen and oxygen atoms in total. The van der Waals surface area contributed by atoms with Crippen LogP contribution in [0.15, 0.2) is 30.4 Å². The van der Waals surface area contributed by atoms with Crippen LogP contribution in [0.5, 0.6) is 5.75 Å². The van der Waals surface area contributed by atoms with Gasteiger partial charge in [-0.2, -0.15) is 0 Å². The second-order valence-electron chi connectivity index (χ2n) is 6.55. The summed E-state index contributed by atoms with van der Waals surface area (Å²) in [7, 11) is 0. The van der Waals surface area contributed by atoms with E-state index in [0.29, 0.717) is 24.6 Å². The van der Waals surface area contributed by atoms with Gasteiger partial charge in [0.25, 0.3) is 0 Å². The maximum absolute atomic E-state index is 12.4. The number of hydrogen-bond acceptors (Lipinski definition) is 6. The lowest BCUT2D eigenvalue weighted by molar-refractivity contribution is -0.142. The third-order valence-corrected chi connectivity index (χ3v) is 5.75. The van der Waals surface area contributed by atoms with Crippen LogP contribution >= 0.6 is 11.3 Å². The van der Waals surface area contributed by atoms with Gasteiger partial charge >= 0.3 is 0 Å². The van der Waals surface area contributed by atoms with E-state index in [4.69, 9.17) is 4.74 Å². The van der Waals surface area contributed by atoms with Crippen molar-refractivity contribution in [3.05, 3.63) is 30.4 Å². The van der Waals surface area contributed by atoms with Crippen molar-refractivity contribution in [2.45, 2.75) is 19.8 Å². The monoisotopic (exact) mass is 385 g/mol. The number of nitrogens with one attached hydrogen (secondary N) is 1. The fourth-order valence-corrected chi connectivity index (χ4v) is 4.45. The van der Waals surface area contributed by atoms with Crippen molar-refractivity contribution in [3.63, 3.8) is 0 Å². The molecule has 1 aliphatic carbocycles. The average molecular weight is 385 g/mol. The van der Waals surface area contributed by atoms with Gasteiger partial charge in [0, 0.05) is 0 Å². The minimum absolute atomic E-state index is 0.254. The zero-order valence-corrected chi connectivity index (χ0v) is 15.6. The SMILES string of the molecule is CCOc1ccc2nc(NC(=O)CN3C(=O)C4CC=CCC4C3=O)sc2c1. The molecule has 0 saturated carbocycles. The molecule has 8 heteroatoms. The molecule has 1 N–H and O–H groups in total. The first-order valence-corrected chi connectivity index (χ1v) is 9.72. The zero-order chi connectivity index (χ0) is 19.0. The summed E-state index contributed by atoms with van der Waals surface area (Å²) in [5.41, 5.74) is 0.754. The standard InChI is InChI=1S/C19H19N3O4S/c1-2-26-11-7-8-14-15(9-11)27-19(20-14)21-16(23)10-22-17(24)12-5-3-4-6-13(12)18(22)25/h3-4,7-9,12-13H,2,5-6,10H2,1H3,(H,20,21,23). The number of nitrogens with zero attached hydrogens (tertiary/aromatic N) is 2. The molecule has 3 amide bonds. The number of amides is 3. The molecule has 1 aromatic carbocycles. The number of thiazole rings is 1. The van der Waals surface area contributed by atoms with Crippen LogP contribution in [-0.2, 0) is 14.4 Å². The molecule has 1 fully saturated rings. The van der Waals surface area contributed by atoms with E-state index in [1.165, 1.54) is 11.3 Å². The quantitative estimate of drug-likeness (QED) is 0.631. The largest absolute Gasteiger partial charge is 0.494 e. The van der Waals surface area contributed by atoms with Crippen LogP contribution in [0, 0.1) is 11.8 Å². The van der Waals surface area contributed by atoms with E-state index in [-0.39, 0.29) is 30.2 Å². The molecule has 1 aromatic heterocycles. The minimum Gasteiger partial charge on any atom is -0.494 e. The molecule has 1 saturated heterocycles. The summed E-state index contributed by atoms with van der Waals surface area (Å²) in [5, 5.41) is 3.13. The highest BCUT2D eigenvalue weighted by molar-refractivity contribution is 7.22. The Hall–Kier alpha value is -2.74. The van der Waals surface area contributed by atoms with Gasteiger partial charge in [0.2, 0.25) is 17.7 Å². The number of ether oxygens (including phenoxy) is 1. The van der Waals surface area contributed by atoms with Crippen LogP contribution in [0.3, 0.4) is 0 Å². The first-order chi connectivity index (χ1) is 13.1. The summed E-state index contributed by atoms with van der Waals surface area (Å²) in [5.74, 6) is -0.835. The summed E-state index contributed by atoms with van der Waals surface area (Å²) >= 11 is 1.32. The van der Waals surface area contributed by atoms with Gasteiger partial charge in [-0.25, -0.2) is 4.98 Å². The summed E-state index contributed by atoms with van der Waals surface area (Å²) in [6.07, 6.45) is 4.97. The number of benzene rings is 1. The third kappa shape index (κ3) is 3.32. The molecule has 0 bridgehead atoms. The fourth-order valence-electron chi connectivity index (χ4n) is 3.54. The summed E-state index contributed by atoms with van der Waals surface area (Å²) in [4.78, 5) is 42.7. The van der Waals surface area contributed by atoms with Gasteiger partial charge in [-0.05, 0) is 38.0 Å². The van der Waals surface area contributed by atoms with Crippen molar-refractivity contribution >= 4 is 44.4 Å². The predicted molar refractivity (Wildman–Crippen MR) is 101 cm³/mol. The van der Waals surface area contributed by atoms with Crippen LogP contribution in [0.1, 0.15) is 19.8 Å². The zero-order valence-electron chi connectivity index (χ0n) is 14.8. The molecule has 1 aliphatic heterocycles. The number of carbonyl (C=O) groups is 3. The van der Waals surface area contributed by atoms with Gasteiger partial charge in [-0.3, -0.25) is 19.3 Å². The number of imide groups is 1. The lowest BCUT2D eigenvalue weighted by Gasteiger charge is -2.14. The second-order valence-corrected chi connectivity index (χ2v) is 7.58. The van der Waals surface area contributed by atoms with Crippen molar-refractivity contribution in [2.24, 2.45) is 11.8 Å². The molecule has 140 valence electrons. The molecule has 2 aromatic rings. The molecular weight excluding hydrogens is 366 g/mol. The Morgan fingerprint density at radius 1 is 1.26 bits per heavy atom. The lowest BCUT2D eigenvalue weighted by atomic mass is 9.85. The smallest absolute Gasteiger partial charge is 0.246 e. The molecule has 4 rings (SSSR count). The fraction of sp³-hybridized carbons (Fsp3) is 0.368. The van der Waals surface area contributed by atoms with Crippen molar-refractivity contribution in [2.75, 3.05) is 18.5 Å². The van der Waals surface area contributed by atoms with Crippen molar-refractivity contribution in [1.82, 2.24) is 9.88 Å². The highest BCUT2D eigenvalue weighted by Gasteiger charge is 2.47. The van der Waals surface area contributed by atoms with Gasteiger partial charge < -0.3 is 10.1 Å². The number of aromatic nitrogens is 1. The van der Waals surface area contributed by atoms with Gasteiger partial charge in [-0.15, -0.1) is 0 Å². The Bertz CT molecular complexity index is 926. The number of anilines is 1. The van der Waals surface area contributed by atoms with Gasteiger partial charge in [-0.1, -0.05) is 23.5 Å². The van der Waals surface area contributed by atoms with Crippen LogP contribution in [-0.4, -0.2) is 40.8 Å². The van der Waals surface area contributed by atoms with Gasteiger partial charge in [0.15, 0.2) is 5.13 Å². The van der Waals surface area contributed by atoms with E-state index in [2.05, 4.69) is 10.3 Å². The normalized spacial score (nSPS) is 21.6. The lowest BCUT2D eigenvalue weighted by Crippen LogP contribution is -2.38. The van der Waals surface area contributed by atoms with Gasteiger partial charge in [0.05, 0.1) is 28.7 Å². The van der Waals surface area contributed by atoms with E-state index < -0.39 is 5.91 Å². The van der Waals surface area contributed by atoms with E-state index in [9.17, 15) is 14.4 Å². The summed E-state index contributed by atoms with van der Waals surface area (Å²) < 4.78 is 6.36. The topological polar surface area (TPSA) is 88.6 Å². The number of rotatable bonds is 5. The average Bonchev–Trinajstić information content (AvgIpc) is 3.16. The number of allylic oxidation sites excluding steroid dienone is 2. The number of hydrogen-bond donors (Lipinski definition) is 1. The van der Waals surface area contributed by atoms with Crippen LogP contribution in [0.4, 0.5) is 5.13 Å². The Kier molecular flexibility index (Phi) is 4.65.